The van der Waals surface area contributed by atoms with E-state index in [2.05, 4.69) is 15.3 Å². The second-order valence-corrected chi connectivity index (χ2v) is 5.75. The summed E-state index contributed by atoms with van der Waals surface area (Å²) in [6, 6.07) is 4.08. The third kappa shape index (κ3) is 2.82. The Balaban J connectivity index is 2.00. The van der Waals surface area contributed by atoms with Crippen molar-refractivity contribution in [3.05, 3.63) is 45.6 Å². The Morgan fingerprint density at radius 2 is 2.22 bits per heavy atom. The molecule has 1 aliphatic rings. The predicted octanol–water partition coefficient (Wildman–Crippen LogP) is 2.97. The number of amides is 2. The van der Waals surface area contributed by atoms with Gasteiger partial charge in [0.15, 0.2) is 5.16 Å². The van der Waals surface area contributed by atoms with Gasteiger partial charge in [-0.15, -0.1) is 0 Å². The van der Waals surface area contributed by atoms with Gasteiger partial charge in [-0.25, -0.2) is 14.8 Å². The van der Waals surface area contributed by atoms with Gasteiger partial charge in [0.05, 0.1) is 17.2 Å². The highest BCUT2D eigenvalue weighted by atomic mass is 32.2. The number of nitrogens with one attached hydrogen (secondary N) is 1. The van der Waals surface area contributed by atoms with Gasteiger partial charge in [-0.2, -0.15) is 0 Å². The van der Waals surface area contributed by atoms with Crippen molar-refractivity contribution in [1.82, 2.24) is 9.97 Å². The van der Waals surface area contributed by atoms with Crippen LogP contribution in [-0.2, 0) is 6.54 Å². The predicted molar refractivity (Wildman–Crippen MR) is 86.8 cm³/mol. The Morgan fingerprint density at radius 1 is 1.43 bits per heavy atom. The molecule has 0 atom stereocenters. The van der Waals surface area contributed by atoms with E-state index in [0.29, 0.717) is 16.7 Å². The lowest BCUT2D eigenvalue weighted by atomic mass is 10.1. The first kappa shape index (κ1) is 15.2. The highest BCUT2D eigenvalue weighted by molar-refractivity contribution is 7.98. The molecule has 0 aliphatic carbocycles. The zero-order valence-corrected chi connectivity index (χ0v) is 13.3. The van der Waals surface area contributed by atoms with Crippen molar-refractivity contribution in [1.29, 1.82) is 0 Å². The largest absolute Gasteiger partial charge is 0.327 e. The smallest absolute Gasteiger partial charge is 0.291 e. The van der Waals surface area contributed by atoms with Crippen LogP contribution in [0.3, 0.4) is 0 Å². The van der Waals surface area contributed by atoms with Crippen LogP contribution in [0.4, 0.5) is 22.0 Å². The Bertz CT molecular complexity index is 811. The maximum Gasteiger partial charge on any atom is 0.327 e. The van der Waals surface area contributed by atoms with Gasteiger partial charge >= 0.3 is 6.03 Å². The number of hydrogen-bond acceptors (Lipinski definition) is 6. The molecule has 0 fully saturated rings. The number of carbonyl (C=O) groups excluding carboxylic acids is 1. The number of non-ortho nitro benzene ring substituents is 1. The van der Waals surface area contributed by atoms with Crippen molar-refractivity contribution in [3.8, 4) is 0 Å². The number of thioether (sulfide) groups is 1. The number of rotatable bonds is 3. The van der Waals surface area contributed by atoms with Crippen LogP contribution in [0.2, 0.25) is 0 Å². The minimum Gasteiger partial charge on any atom is -0.291 e. The van der Waals surface area contributed by atoms with Crippen LogP contribution < -0.4 is 10.2 Å². The fourth-order valence-corrected chi connectivity index (χ4v) is 2.66. The molecule has 9 heteroatoms. The van der Waals surface area contributed by atoms with Gasteiger partial charge in [0.1, 0.15) is 5.82 Å². The Hall–Kier alpha value is -2.68. The van der Waals surface area contributed by atoms with Crippen molar-refractivity contribution in [2.75, 3.05) is 16.5 Å². The van der Waals surface area contributed by atoms with Gasteiger partial charge in [-0.1, -0.05) is 17.8 Å². The standard InChI is InChI=1S/C14H13N5O3S/c1-8-3-4-10(19(21)22)5-11(8)18-7-9-6-15-13(23-2)16-12(9)17-14(18)20/h3-6H,7H2,1-2H3,(H,15,16,17,20). The molecule has 3 rings (SSSR count). The van der Waals surface area contributed by atoms with Crippen molar-refractivity contribution in [3.63, 3.8) is 0 Å². The summed E-state index contributed by atoms with van der Waals surface area (Å²) in [4.78, 5) is 32.8. The molecule has 1 aromatic heterocycles. The molecule has 1 aromatic carbocycles. The van der Waals surface area contributed by atoms with Crippen LogP contribution in [0.1, 0.15) is 11.1 Å². The maximum atomic E-state index is 12.4. The highest BCUT2D eigenvalue weighted by Crippen LogP contribution is 2.31. The third-order valence-corrected chi connectivity index (χ3v) is 4.08. The Labute approximate surface area is 136 Å². The molecule has 2 heterocycles. The number of urea groups is 1. The zero-order valence-electron chi connectivity index (χ0n) is 12.4. The molecule has 0 bridgehead atoms. The number of aromatic nitrogens is 2. The van der Waals surface area contributed by atoms with Crippen LogP contribution in [0.25, 0.3) is 0 Å². The summed E-state index contributed by atoms with van der Waals surface area (Å²) >= 11 is 1.39. The highest BCUT2D eigenvalue weighted by Gasteiger charge is 2.27. The molecule has 0 saturated carbocycles. The van der Waals surface area contributed by atoms with E-state index in [9.17, 15) is 14.9 Å². The van der Waals surface area contributed by atoms with Crippen molar-refractivity contribution >= 4 is 35.0 Å². The second kappa shape index (κ2) is 5.84. The molecule has 0 unspecified atom stereocenters. The monoisotopic (exact) mass is 331 g/mol. The number of benzene rings is 1. The van der Waals surface area contributed by atoms with E-state index in [-0.39, 0.29) is 18.3 Å². The second-order valence-electron chi connectivity index (χ2n) is 4.97. The van der Waals surface area contributed by atoms with Gasteiger partial charge in [-0.05, 0) is 18.7 Å². The van der Waals surface area contributed by atoms with Gasteiger partial charge in [0.25, 0.3) is 5.69 Å². The number of carbonyl (C=O) groups is 1. The molecule has 2 amide bonds. The summed E-state index contributed by atoms with van der Waals surface area (Å²) in [7, 11) is 0. The van der Waals surface area contributed by atoms with Crippen molar-refractivity contribution in [2.24, 2.45) is 0 Å². The molecule has 0 radical (unpaired) electrons. The van der Waals surface area contributed by atoms with Gasteiger partial charge in [0, 0.05) is 23.9 Å². The Morgan fingerprint density at radius 3 is 2.91 bits per heavy atom. The molecule has 1 aliphatic heterocycles. The van der Waals surface area contributed by atoms with Crippen LogP contribution in [-0.4, -0.2) is 27.2 Å². The summed E-state index contributed by atoms with van der Waals surface area (Å²) in [5.74, 6) is 0.480. The molecule has 1 N–H and O–H groups in total. The minimum absolute atomic E-state index is 0.0572. The SMILES string of the molecule is CSc1ncc2c(n1)NC(=O)N(c1cc([N+](=O)[O-])ccc1C)C2. The van der Waals surface area contributed by atoms with E-state index in [1.165, 1.54) is 28.8 Å². The number of nitrogens with zero attached hydrogens (tertiary/aromatic N) is 4. The first-order valence-corrected chi connectivity index (χ1v) is 7.95. The number of nitro benzene ring substituents is 1. The number of fused-ring (bicyclic) bond motifs is 1. The topological polar surface area (TPSA) is 101 Å². The summed E-state index contributed by atoms with van der Waals surface area (Å²) < 4.78 is 0. The number of nitro groups is 1. The first-order valence-electron chi connectivity index (χ1n) is 6.73. The fourth-order valence-electron chi connectivity index (χ4n) is 2.32. The molecule has 8 nitrogen and oxygen atoms in total. The summed E-state index contributed by atoms with van der Waals surface area (Å²) in [5.41, 5.74) is 1.97. The van der Waals surface area contributed by atoms with Crippen molar-refractivity contribution in [2.45, 2.75) is 18.6 Å². The molecule has 2 aromatic rings. The quantitative estimate of drug-likeness (QED) is 0.401. The van der Waals surface area contributed by atoms with E-state index in [1.54, 1.807) is 19.2 Å². The van der Waals surface area contributed by atoms with Crippen LogP contribution in [0, 0.1) is 17.0 Å². The van der Waals surface area contributed by atoms with E-state index < -0.39 is 4.92 Å². The number of aryl methyl sites for hydroxylation is 1. The molecule has 0 saturated heterocycles. The molecule has 0 spiro atoms. The lowest BCUT2D eigenvalue weighted by Gasteiger charge is -2.29. The lowest BCUT2D eigenvalue weighted by Crippen LogP contribution is -2.39. The first-order chi connectivity index (χ1) is 11.0. The molecule has 23 heavy (non-hydrogen) atoms. The van der Waals surface area contributed by atoms with Crippen LogP contribution in [0.5, 0.6) is 0 Å². The molecule has 118 valence electrons. The normalized spacial score (nSPS) is 13.5. The van der Waals surface area contributed by atoms with Crippen LogP contribution >= 0.6 is 11.8 Å². The van der Waals surface area contributed by atoms with E-state index in [4.69, 9.17) is 0 Å². The summed E-state index contributed by atoms with van der Waals surface area (Å²) in [6.45, 7) is 2.06. The number of hydrogen-bond donors (Lipinski definition) is 1. The van der Waals surface area contributed by atoms with Crippen molar-refractivity contribution < 1.29 is 9.72 Å². The van der Waals surface area contributed by atoms with Gasteiger partial charge in [-0.3, -0.25) is 20.3 Å². The maximum absolute atomic E-state index is 12.4. The van der Waals surface area contributed by atoms with E-state index in [0.717, 1.165) is 11.1 Å². The van der Waals surface area contributed by atoms with E-state index >= 15 is 0 Å². The van der Waals surface area contributed by atoms with Gasteiger partial charge < -0.3 is 0 Å². The van der Waals surface area contributed by atoms with E-state index in [1.807, 2.05) is 6.26 Å². The zero-order chi connectivity index (χ0) is 16.6. The van der Waals surface area contributed by atoms with Crippen LogP contribution in [0.15, 0.2) is 29.6 Å². The average molecular weight is 331 g/mol. The minimum atomic E-state index is -0.480. The average Bonchev–Trinajstić information content (AvgIpc) is 2.54. The Kier molecular flexibility index (Phi) is 3.87. The third-order valence-electron chi connectivity index (χ3n) is 3.52. The summed E-state index contributed by atoms with van der Waals surface area (Å²) in [5, 5.41) is 14.2. The fraction of sp³-hybridized carbons (Fsp3) is 0.214. The molecular weight excluding hydrogens is 318 g/mol. The molecular formula is C14H13N5O3S. The van der Waals surface area contributed by atoms with Gasteiger partial charge in [0.2, 0.25) is 0 Å². The number of anilines is 2. The lowest BCUT2D eigenvalue weighted by molar-refractivity contribution is -0.384. The summed E-state index contributed by atoms with van der Waals surface area (Å²) in [6.07, 6.45) is 3.51.